The third-order valence-corrected chi connectivity index (χ3v) is 2.27. The SMILES string of the molecule is CCc1noc(C)c1CSC. The lowest BCUT2D eigenvalue weighted by atomic mass is 10.2. The Morgan fingerprint density at radius 2 is 2.27 bits per heavy atom. The van der Waals surface area contributed by atoms with Crippen molar-refractivity contribution in [1.29, 1.82) is 0 Å². The first kappa shape index (κ1) is 8.65. The van der Waals surface area contributed by atoms with Crippen molar-refractivity contribution in [2.45, 2.75) is 26.0 Å². The second kappa shape index (κ2) is 3.81. The van der Waals surface area contributed by atoms with Crippen molar-refractivity contribution >= 4 is 11.8 Å². The van der Waals surface area contributed by atoms with E-state index in [9.17, 15) is 0 Å². The number of rotatable bonds is 3. The molecule has 0 aliphatic rings. The molecule has 0 aromatic carbocycles. The molecule has 0 saturated carbocycles. The lowest BCUT2D eigenvalue weighted by molar-refractivity contribution is 0.390. The van der Waals surface area contributed by atoms with Crippen LogP contribution in [0.2, 0.25) is 0 Å². The van der Waals surface area contributed by atoms with Crippen LogP contribution >= 0.6 is 11.8 Å². The zero-order chi connectivity index (χ0) is 8.27. The molecule has 62 valence electrons. The third kappa shape index (κ3) is 1.77. The molecule has 0 amide bonds. The Hall–Kier alpha value is -0.440. The van der Waals surface area contributed by atoms with Gasteiger partial charge in [-0.3, -0.25) is 0 Å². The highest BCUT2D eigenvalue weighted by Crippen LogP contribution is 2.18. The van der Waals surface area contributed by atoms with Crippen LogP contribution in [-0.2, 0) is 12.2 Å². The predicted molar refractivity (Wildman–Crippen MR) is 47.8 cm³/mol. The quantitative estimate of drug-likeness (QED) is 0.698. The fourth-order valence-electron chi connectivity index (χ4n) is 1.04. The molecule has 1 rings (SSSR count). The number of hydrogen-bond acceptors (Lipinski definition) is 3. The van der Waals surface area contributed by atoms with E-state index in [0.717, 1.165) is 23.6 Å². The molecule has 0 aliphatic heterocycles. The summed E-state index contributed by atoms with van der Waals surface area (Å²) in [5, 5.41) is 3.96. The highest BCUT2D eigenvalue weighted by Gasteiger charge is 2.09. The molecule has 1 heterocycles. The standard InChI is InChI=1S/C8H13NOS/c1-4-8-7(5-11-3)6(2)10-9-8/h4-5H2,1-3H3. The van der Waals surface area contributed by atoms with Crippen LogP contribution in [-0.4, -0.2) is 11.4 Å². The van der Waals surface area contributed by atoms with Gasteiger partial charge in [0.15, 0.2) is 0 Å². The molecule has 1 aromatic heterocycles. The van der Waals surface area contributed by atoms with E-state index in [0.29, 0.717) is 0 Å². The van der Waals surface area contributed by atoms with Gasteiger partial charge in [-0.2, -0.15) is 11.8 Å². The predicted octanol–water partition coefficient (Wildman–Crippen LogP) is 2.41. The van der Waals surface area contributed by atoms with Crippen LogP contribution in [0.5, 0.6) is 0 Å². The third-order valence-electron chi connectivity index (χ3n) is 1.69. The number of aromatic nitrogens is 1. The minimum absolute atomic E-state index is 0.966. The minimum Gasteiger partial charge on any atom is -0.361 e. The molecule has 0 saturated heterocycles. The number of nitrogens with zero attached hydrogens (tertiary/aromatic N) is 1. The molecule has 0 aliphatic carbocycles. The molecule has 0 unspecified atom stereocenters. The maximum Gasteiger partial charge on any atom is 0.137 e. The van der Waals surface area contributed by atoms with Gasteiger partial charge < -0.3 is 4.52 Å². The van der Waals surface area contributed by atoms with Crippen LogP contribution in [0.15, 0.2) is 4.52 Å². The van der Waals surface area contributed by atoms with Crippen molar-refractivity contribution in [2.24, 2.45) is 0 Å². The summed E-state index contributed by atoms with van der Waals surface area (Å²) in [6.07, 6.45) is 3.05. The molecule has 3 heteroatoms. The first-order valence-corrected chi connectivity index (χ1v) is 5.12. The van der Waals surface area contributed by atoms with Gasteiger partial charge in [0, 0.05) is 11.3 Å². The van der Waals surface area contributed by atoms with Gasteiger partial charge in [0.05, 0.1) is 5.69 Å². The lowest BCUT2D eigenvalue weighted by Gasteiger charge is -1.95. The first-order valence-electron chi connectivity index (χ1n) is 3.72. The fourth-order valence-corrected chi connectivity index (χ4v) is 1.70. The van der Waals surface area contributed by atoms with Gasteiger partial charge in [-0.25, -0.2) is 0 Å². The molecule has 0 N–H and O–H groups in total. The summed E-state index contributed by atoms with van der Waals surface area (Å²) in [6, 6.07) is 0. The van der Waals surface area contributed by atoms with Gasteiger partial charge in [0.2, 0.25) is 0 Å². The Balaban J connectivity index is 2.88. The van der Waals surface area contributed by atoms with Crippen LogP contribution in [0.25, 0.3) is 0 Å². The van der Waals surface area contributed by atoms with E-state index in [2.05, 4.69) is 18.3 Å². The smallest absolute Gasteiger partial charge is 0.137 e. The van der Waals surface area contributed by atoms with E-state index in [1.54, 1.807) is 11.8 Å². The van der Waals surface area contributed by atoms with Crippen LogP contribution in [0.1, 0.15) is 23.9 Å². The van der Waals surface area contributed by atoms with E-state index < -0.39 is 0 Å². The van der Waals surface area contributed by atoms with Crippen LogP contribution < -0.4 is 0 Å². The summed E-state index contributed by atoms with van der Waals surface area (Å²) in [4.78, 5) is 0. The summed E-state index contributed by atoms with van der Waals surface area (Å²) >= 11 is 1.80. The van der Waals surface area contributed by atoms with Crippen LogP contribution in [0.3, 0.4) is 0 Å². The van der Waals surface area contributed by atoms with Crippen molar-refractivity contribution in [3.8, 4) is 0 Å². The molecule has 1 aromatic rings. The molecule has 0 spiro atoms. The van der Waals surface area contributed by atoms with Gasteiger partial charge in [-0.1, -0.05) is 12.1 Å². The number of aryl methyl sites for hydroxylation is 2. The summed E-state index contributed by atoms with van der Waals surface area (Å²) in [5.74, 6) is 1.98. The minimum atomic E-state index is 0.966. The average molecular weight is 171 g/mol. The van der Waals surface area contributed by atoms with Crippen LogP contribution in [0, 0.1) is 6.92 Å². The highest BCUT2D eigenvalue weighted by molar-refractivity contribution is 7.97. The summed E-state index contributed by atoms with van der Waals surface area (Å²) in [5.41, 5.74) is 2.39. The normalized spacial score (nSPS) is 10.5. The Kier molecular flexibility index (Phi) is 3.00. The summed E-state index contributed by atoms with van der Waals surface area (Å²) in [6.45, 7) is 4.07. The molecule has 11 heavy (non-hydrogen) atoms. The summed E-state index contributed by atoms with van der Waals surface area (Å²) in [7, 11) is 0. The molecular formula is C8H13NOS. The van der Waals surface area contributed by atoms with Gasteiger partial charge in [-0.15, -0.1) is 0 Å². The molecule has 0 atom stereocenters. The van der Waals surface area contributed by atoms with Crippen LogP contribution in [0.4, 0.5) is 0 Å². The Bertz CT molecular complexity index is 232. The zero-order valence-electron chi connectivity index (χ0n) is 7.18. The number of thioether (sulfide) groups is 1. The van der Waals surface area contributed by atoms with Crippen molar-refractivity contribution in [3.63, 3.8) is 0 Å². The van der Waals surface area contributed by atoms with Crippen molar-refractivity contribution < 1.29 is 4.52 Å². The lowest BCUT2D eigenvalue weighted by Crippen LogP contribution is -1.88. The average Bonchev–Trinajstić information content (AvgIpc) is 2.34. The maximum atomic E-state index is 5.08. The highest BCUT2D eigenvalue weighted by atomic mass is 32.2. The van der Waals surface area contributed by atoms with E-state index in [-0.39, 0.29) is 0 Å². The van der Waals surface area contributed by atoms with Crippen molar-refractivity contribution in [3.05, 3.63) is 17.0 Å². The number of hydrogen-bond donors (Lipinski definition) is 0. The van der Waals surface area contributed by atoms with Crippen molar-refractivity contribution in [1.82, 2.24) is 5.16 Å². The summed E-state index contributed by atoms with van der Waals surface area (Å²) < 4.78 is 5.08. The zero-order valence-corrected chi connectivity index (χ0v) is 7.99. The molecular weight excluding hydrogens is 158 g/mol. The Labute approximate surface area is 71.3 Å². The second-order valence-corrected chi connectivity index (χ2v) is 3.32. The van der Waals surface area contributed by atoms with Gasteiger partial charge in [0.1, 0.15) is 5.76 Å². The maximum absolute atomic E-state index is 5.08. The van der Waals surface area contributed by atoms with Gasteiger partial charge >= 0.3 is 0 Å². The topological polar surface area (TPSA) is 26.0 Å². The van der Waals surface area contributed by atoms with Gasteiger partial charge in [0.25, 0.3) is 0 Å². The largest absolute Gasteiger partial charge is 0.361 e. The fraction of sp³-hybridized carbons (Fsp3) is 0.625. The van der Waals surface area contributed by atoms with E-state index in [1.165, 1.54) is 5.56 Å². The van der Waals surface area contributed by atoms with Crippen molar-refractivity contribution in [2.75, 3.05) is 6.26 Å². The van der Waals surface area contributed by atoms with E-state index in [4.69, 9.17) is 4.52 Å². The molecule has 0 fully saturated rings. The van der Waals surface area contributed by atoms with E-state index >= 15 is 0 Å². The molecule has 0 bridgehead atoms. The first-order chi connectivity index (χ1) is 5.29. The molecule has 0 radical (unpaired) electrons. The Morgan fingerprint density at radius 1 is 1.55 bits per heavy atom. The second-order valence-electron chi connectivity index (χ2n) is 2.45. The van der Waals surface area contributed by atoms with Gasteiger partial charge in [-0.05, 0) is 19.6 Å². The van der Waals surface area contributed by atoms with E-state index in [1.807, 2.05) is 6.92 Å². The monoisotopic (exact) mass is 171 g/mol. The molecule has 2 nitrogen and oxygen atoms in total. The Morgan fingerprint density at radius 3 is 2.82 bits per heavy atom.